The predicted octanol–water partition coefficient (Wildman–Crippen LogP) is 1.59. The third-order valence-corrected chi connectivity index (χ3v) is 6.94. The molecule has 1 aromatic carbocycles. The van der Waals surface area contributed by atoms with Gasteiger partial charge in [-0.05, 0) is 51.2 Å². The summed E-state index contributed by atoms with van der Waals surface area (Å²) >= 11 is 5.64. The lowest BCUT2D eigenvalue weighted by Gasteiger charge is -2.56. The molecule has 1 aromatic rings. The number of benzene rings is 1. The van der Waals surface area contributed by atoms with Gasteiger partial charge in [-0.3, -0.25) is 14.4 Å². The molecular formula is C21H27ClFN3O5. The van der Waals surface area contributed by atoms with Crippen molar-refractivity contribution >= 4 is 23.4 Å². The summed E-state index contributed by atoms with van der Waals surface area (Å²) < 4.78 is 18.9. The van der Waals surface area contributed by atoms with Crippen molar-refractivity contribution in [2.75, 3.05) is 6.61 Å². The SMILES string of the molecule is CC1CC(C(=O)NC23CCC(NC(=O)COc4ccc(Cl)c(F)c4)(CC2)[C@H](O)C3)ON1. The lowest BCUT2D eigenvalue weighted by Crippen LogP contribution is -2.70. The highest BCUT2D eigenvalue weighted by Crippen LogP contribution is 2.47. The molecule has 0 radical (unpaired) electrons. The summed E-state index contributed by atoms with van der Waals surface area (Å²) in [5.74, 6) is -1.000. The maximum atomic E-state index is 13.5. The first kappa shape index (κ1) is 22.3. The summed E-state index contributed by atoms with van der Waals surface area (Å²) in [6.45, 7) is 1.64. The number of carbonyl (C=O) groups excluding carboxylic acids is 2. The Morgan fingerprint density at radius 2 is 2.06 bits per heavy atom. The van der Waals surface area contributed by atoms with E-state index in [0.717, 1.165) is 6.07 Å². The number of rotatable bonds is 6. The van der Waals surface area contributed by atoms with Gasteiger partial charge < -0.3 is 20.5 Å². The van der Waals surface area contributed by atoms with Gasteiger partial charge in [0.25, 0.3) is 11.8 Å². The number of aliphatic hydroxyl groups excluding tert-OH is 1. The number of nitrogens with one attached hydrogen (secondary N) is 3. The molecule has 3 saturated carbocycles. The fourth-order valence-corrected chi connectivity index (χ4v) is 4.93. The standard InChI is InChI=1S/C21H27ClFN3O5/c1-12-8-16(31-26-12)19(29)25-20-4-6-21(7-5-20,17(27)10-20)24-18(28)11-30-13-2-3-14(22)15(23)9-13/h2-3,9,12,16-17,26-27H,4-8,10-11H2,1H3,(H,24,28)(H,25,29)/t12?,16?,17-,20?,21?/m1/s1. The first-order chi connectivity index (χ1) is 14.7. The molecule has 4 fully saturated rings. The number of ether oxygens (including phenoxy) is 1. The Bertz CT molecular complexity index is 861. The largest absolute Gasteiger partial charge is 0.484 e. The number of halogens is 2. The van der Waals surface area contributed by atoms with Crippen molar-refractivity contribution in [1.29, 1.82) is 0 Å². The molecule has 4 N–H and O–H groups in total. The zero-order valence-corrected chi connectivity index (χ0v) is 18.0. The summed E-state index contributed by atoms with van der Waals surface area (Å²) in [5.41, 5.74) is 1.55. The topological polar surface area (TPSA) is 109 Å². The van der Waals surface area contributed by atoms with Crippen LogP contribution in [0.5, 0.6) is 5.75 Å². The molecule has 1 heterocycles. The number of carbonyl (C=O) groups is 2. The quantitative estimate of drug-likeness (QED) is 0.518. The van der Waals surface area contributed by atoms with Crippen LogP contribution in [0.25, 0.3) is 0 Å². The minimum Gasteiger partial charge on any atom is -0.484 e. The van der Waals surface area contributed by atoms with Crippen LogP contribution in [-0.2, 0) is 14.4 Å². The molecule has 0 aromatic heterocycles. The Hall–Kier alpha value is -1.94. The van der Waals surface area contributed by atoms with Gasteiger partial charge in [0.1, 0.15) is 11.6 Å². The second-order valence-electron chi connectivity index (χ2n) is 8.92. The van der Waals surface area contributed by atoms with Gasteiger partial charge in [-0.1, -0.05) is 11.6 Å². The van der Waals surface area contributed by atoms with Gasteiger partial charge in [0.05, 0.1) is 16.7 Å². The number of amides is 2. The van der Waals surface area contributed by atoms with E-state index in [2.05, 4.69) is 16.1 Å². The molecule has 8 nitrogen and oxygen atoms in total. The molecule has 2 amide bonds. The van der Waals surface area contributed by atoms with E-state index in [1.54, 1.807) is 0 Å². The fraction of sp³-hybridized carbons (Fsp3) is 0.619. The van der Waals surface area contributed by atoms with Gasteiger partial charge in [0.15, 0.2) is 12.7 Å². The highest BCUT2D eigenvalue weighted by molar-refractivity contribution is 6.30. The highest BCUT2D eigenvalue weighted by Gasteiger charge is 2.55. The number of hydroxylamine groups is 1. The van der Waals surface area contributed by atoms with E-state index >= 15 is 0 Å². The Labute approximate surface area is 184 Å². The van der Waals surface area contributed by atoms with E-state index in [1.165, 1.54) is 12.1 Å². The number of hydrogen-bond acceptors (Lipinski definition) is 6. The van der Waals surface area contributed by atoms with Crippen molar-refractivity contribution in [2.24, 2.45) is 0 Å². The molecule has 170 valence electrons. The lowest BCUT2D eigenvalue weighted by atomic mass is 9.60. The normalized spacial score (nSPS) is 34.4. The summed E-state index contributed by atoms with van der Waals surface area (Å²) in [5, 5.41) is 16.8. The summed E-state index contributed by atoms with van der Waals surface area (Å²) in [6.07, 6.45) is 1.99. The fourth-order valence-electron chi connectivity index (χ4n) is 4.81. The van der Waals surface area contributed by atoms with E-state index in [9.17, 15) is 19.1 Å². The van der Waals surface area contributed by atoms with Crippen LogP contribution in [0.2, 0.25) is 5.02 Å². The molecule has 3 atom stereocenters. The Kier molecular flexibility index (Phi) is 6.13. The predicted molar refractivity (Wildman–Crippen MR) is 110 cm³/mol. The average Bonchev–Trinajstić information content (AvgIpc) is 3.17. The summed E-state index contributed by atoms with van der Waals surface area (Å²) in [6, 6.07) is 4.07. The molecule has 2 unspecified atom stereocenters. The summed E-state index contributed by atoms with van der Waals surface area (Å²) in [7, 11) is 0. The highest BCUT2D eigenvalue weighted by atomic mass is 35.5. The molecule has 10 heteroatoms. The second-order valence-corrected chi connectivity index (χ2v) is 9.33. The van der Waals surface area contributed by atoms with Crippen molar-refractivity contribution in [3.63, 3.8) is 0 Å². The van der Waals surface area contributed by atoms with Crippen molar-refractivity contribution in [1.82, 2.24) is 16.1 Å². The Balaban J connectivity index is 1.31. The van der Waals surface area contributed by atoms with E-state index < -0.39 is 35.0 Å². The van der Waals surface area contributed by atoms with Crippen LogP contribution in [0.3, 0.4) is 0 Å². The zero-order valence-electron chi connectivity index (χ0n) is 17.2. The van der Waals surface area contributed by atoms with Gasteiger partial charge in [0, 0.05) is 24.1 Å². The van der Waals surface area contributed by atoms with Crippen LogP contribution in [0.4, 0.5) is 4.39 Å². The second kappa shape index (κ2) is 8.54. The van der Waals surface area contributed by atoms with Crippen LogP contribution in [0, 0.1) is 5.82 Å². The molecule has 0 spiro atoms. The molecule has 1 saturated heterocycles. The molecular weight excluding hydrogens is 429 g/mol. The van der Waals surface area contributed by atoms with Crippen LogP contribution in [0.1, 0.15) is 45.4 Å². The minimum absolute atomic E-state index is 0.0240. The number of fused-ring (bicyclic) bond motifs is 3. The van der Waals surface area contributed by atoms with Crippen molar-refractivity contribution in [3.8, 4) is 5.75 Å². The van der Waals surface area contributed by atoms with Crippen molar-refractivity contribution < 1.29 is 28.7 Å². The third kappa shape index (κ3) is 4.64. The number of hydrogen-bond donors (Lipinski definition) is 4. The molecule has 3 aliphatic carbocycles. The lowest BCUT2D eigenvalue weighted by molar-refractivity contribution is -0.142. The average molecular weight is 456 g/mol. The first-order valence-corrected chi connectivity index (χ1v) is 10.9. The van der Waals surface area contributed by atoms with Crippen LogP contribution >= 0.6 is 11.6 Å². The number of aliphatic hydroxyl groups is 1. The van der Waals surface area contributed by atoms with Gasteiger partial charge >= 0.3 is 0 Å². The molecule has 1 aliphatic heterocycles. The van der Waals surface area contributed by atoms with Crippen LogP contribution in [0.15, 0.2) is 18.2 Å². The van der Waals surface area contributed by atoms with E-state index in [1.807, 2.05) is 6.92 Å². The molecule has 31 heavy (non-hydrogen) atoms. The first-order valence-electron chi connectivity index (χ1n) is 10.5. The van der Waals surface area contributed by atoms with Gasteiger partial charge in [-0.25, -0.2) is 4.39 Å². The molecule has 4 aliphatic rings. The van der Waals surface area contributed by atoms with E-state index in [0.29, 0.717) is 38.5 Å². The van der Waals surface area contributed by atoms with Crippen LogP contribution in [-0.4, -0.2) is 52.9 Å². The van der Waals surface area contributed by atoms with E-state index in [-0.39, 0.29) is 29.3 Å². The minimum atomic E-state index is -0.797. The van der Waals surface area contributed by atoms with Gasteiger partial charge in [0.2, 0.25) is 0 Å². The third-order valence-electron chi connectivity index (χ3n) is 6.63. The maximum Gasteiger partial charge on any atom is 0.258 e. The Morgan fingerprint density at radius 3 is 2.68 bits per heavy atom. The molecule has 2 bridgehead atoms. The van der Waals surface area contributed by atoms with E-state index in [4.69, 9.17) is 21.2 Å². The smallest absolute Gasteiger partial charge is 0.258 e. The van der Waals surface area contributed by atoms with Crippen molar-refractivity contribution in [2.45, 2.75) is 74.8 Å². The van der Waals surface area contributed by atoms with Crippen molar-refractivity contribution in [3.05, 3.63) is 29.0 Å². The maximum absolute atomic E-state index is 13.5. The monoisotopic (exact) mass is 455 g/mol. The van der Waals surface area contributed by atoms with Gasteiger partial charge in [-0.2, -0.15) is 5.48 Å². The molecule has 5 rings (SSSR count). The summed E-state index contributed by atoms with van der Waals surface area (Å²) in [4.78, 5) is 30.4. The zero-order chi connectivity index (χ0) is 22.2. The van der Waals surface area contributed by atoms with Crippen LogP contribution < -0.4 is 20.9 Å². The Morgan fingerprint density at radius 1 is 1.32 bits per heavy atom. The van der Waals surface area contributed by atoms with Gasteiger partial charge in [-0.15, -0.1) is 0 Å².